The zero-order valence-electron chi connectivity index (χ0n) is 13.1. The lowest BCUT2D eigenvalue weighted by Gasteiger charge is -2.29. The van der Waals surface area contributed by atoms with Crippen molar-refractivity contribution in [1.29, 1.82) is 0 Å². The van der Waals surface area contributed by atoms with Gasteiger partial charge in [0.1, 0.15) is 0 Å². The van der Waals surface area contributed by atoms with Gasteiger partial charge in [-0.2, -0.15) is 0 Å². The lowest BCUT2D eigenvalue weighted by molar-refractivity contribution is -0.384. The second-order valence-corrected chi connectivity index (χ2v) is 6.55. The molecule has 0 aliphatic carbocycles. The Hall–Kier alpha value is -2.14. The molecule has 0 amide bonds. The van der Waals surface area contributed by atoms with Crippen molar-refractivity contribution in [1.82, 2.24) is 4.98 Å². The molecule has 1 fully saturated rings. The van der Waals surface area contributed by atoms with E-state index in [-0.39, 0.29) is 11.7 Å². The molecule has 0 bridgehead atoms. The van der Waals surface area contributed by atoms with Gasteiger partial charge in [-0.05, 0) is 36.5 Å². The second kappa shape index (κ2) is 6.16. The first-order valence-electron chi connectivity index (χ1n) is 7.58. The van der Waals surface area contributed by atoms with E-state index in [9.17, 15) is 10.1 Å². The monoisotopic (exact) mass is 331 g/mol. The minimum atomic E-state index is -0.409. The van der Waals surface area contributed by atoms with Crippen LogP contribution < -0.4 is 4.90 Å². The Kier molecular flexibility index (Phi) is 4.22. The predicted molar refractivity (Wildman–Crippen MR) is 90.9 cm³/mol. The highest BCUT2D eigenvalue weighted by atomic mass is 35.5. The molecule has 0 radical (unpaired) electrons. The van der Waals surface area contributed by atoms with E-state index in [4.69, 9.17) is 11.6 Å². The standard InChI is InChI=1S/C17H18ClN3O2/c1-11-6-16(13-4-3-5-19-9-13)20(10-11)17-12(2)7-14(21(22)23)8-15(17)18/h3-5,7-9,11,16H,6,10H2,1-2H3. The SMILES string of the molecule is Cc1cc([N+](=O)[O-])cc(Cl)c1N1CC(C)CC1c1cccnc1. The number of hydrogen-bond donors (Lipinski definition) is 0. The first kappa shape index (κ1) is 15.7. The van der Waals surface area contributed by atoms with Crippen molar-refractivity contribution in [3.63, 3.8) is 0 Å². The molecular weight excluding hydrogens is 314 g/mol. The third-order valence-corrected chi connectivity index (χ3v) is 4.60. The maximum Gasteiger partial charge on any atom is 0.271 e. The average Bonchev–Trinajstić information content (AvgIpc) is 2.89. The van der Waals surface area contributed by atoms with Crippen molar-refractivity contribution in [2.45, 2.75) is 26.3 Å². The number of anilines is 1. The summed E-state index contributed by atoms with van der Waals surface area (Å²) in [5.41, 5.74) is 2.88. The number of rotatable bonds is 3. The normalized spacial score (nSPS) is 20.7. The van der Waals surface area contributed by atoms with Gasteiger partial charge < -0.3 is 4.90 Å². The van der Waals surface area contributed by atoms with E-state index in [0.29, 0.717) is 10.9 Å². The summed E-state index contributed by atoms with van der Waals surface area (Å²) in [6, 6.07) is 7.21. The molecule has 1 aliphatic heterocycles. The fraction of sp³-hybridized carbons (Fsp3) is 0.353. The number of nitro groups is 1. The first-order chi connectivity index (χ1) is 11.0. The zero-order valence-corrected chi connectivity index (χ0v) is 13.8. The van der Waals surface area contributed by atoms with E-state index >= 15 is 0 Å². The topological polar surface area (TPSA) is 59.3 Å². The Labute approximate surface area is 140 Å². The lowest BCUT2D eigenvalue weighted by Crippen LogP contribution is -2.24. The number of nitro benzene ring substituents is 1. The summed E-state index contributed by atoms with van der Waals surface area (Å²) in [5.74, 6) is 0.519. The number of hydrogen-bond acceptors (Lipinski definition) is 4. The fourth-order valence-corrected chi connectivity index (χ4v) is 3.74. The number of non-ortho nitro benzene ring substituents is 1. The molecule has 23 heavy (non-hydrogen) atoms. The summed E-state index contributed by atoms with van der Waals surface area (Å²) < 4.78 is 0. The van der Waals surface area contributed by atoms with Crippen LogP contribution in [0.25, 0.3) is 0 Å². The van der Waals surface area contributed by atoms with E-state index in [1.807, 2.05) is 19.2 Å². The Morgan fingerprint density at radius 1 is 1.43 bits per heavy atom. The van der Waals surface area contributed by atoms with Gasteiger partial charge in [0.25, 0.3) is 5.69 Å². The van der Waals surface area contributed by atoms with Gasteiger partial charge >= 0.3 is 0 Å². The van der Waals surface area contributed by atoms with Crippen LogP contribution in [0, 0.1) is 23.0 Å². The maximum atomic E-state index is 11.0. The molecule has 0 spiro atoms. The van der Waals surface area contributed by atoms with Gasteiger partial charge in [0.15, 0.2) is 0 Å². The van der Waals surface area contributed by atoms with Crippen LogP contribution in [0.4, 0.5) is 11.4 Å². The molecule has 2 heterocycles. The second-order valence-electron chi connectivity index (χ2n) is 6.15. The first-order valence-corrected chi connectivity index (χ1v) is 7.96. The molecule has 3 rings (SSSR count). The molecule has 1 aromatic heterocycles. The number of nitrogens with zero attached hydrogens (tertiary/aromatic N) is 3. The van der Waals surface area contributed by atoms with Gasteiger partial charge in [-0.25, -0.2) is 0 Å². The van der Waals surface area contributed by atoms with Crippen molar-refractivity contribution < 1.29 is 4.92 Å². The van der Waals surface area contributed by atoms with Gasteiger partial charge in [-0.15, -0.1) is 0 Å². The van der Waals surface area contributed by atoms with Gasteiger partial charge in [0.05, 0.1) is 21.7 Å². The fourth-order valence-electron chi connectivity index (χ4n) is 3.37. The Balaban J connectivity index is 2.04. The van der Waals surface area contributed by atoms with E-state index in [2.05, 4.69) is 22.9 Å². The highest BCUT2D eigenvalue weighted by molar-refractivity contribution is 6.33. The van der Waals surface area contributed by atoms with Gasteiger partial charge in [-0.3, -0.25) is 15.1 Å². The molecule has 1 saturated heterocycles. The van der Waals surface area contributed by atoms with Crippen LogP contribution in [0.2, 0.25) is 5.02 Å². The zero-order chi connectivity index (χ0) is 16.6. The molecule has 120 valence electrons. The van der Waals surface area contributed by atoms with Crippen LogP contribution in [0.1, 0.15) is 30.5 Å². The largest absolute Gasteiger partial charge is 0.363 e. The third-order valence-electron chi connectivity index (χ3n) is 4.32. The molecule has 1 aliphatic rings. The van der Waals surface area contributed by atoms with Crippen LogP contribution in [0.15, 0.2) is 36.7 Å². The molecule has 2 atom stereocenters. The van der Waals surface area contributed by atoms with Crippen LogP contribution in [0.3, 0.4) is 0 Å². The summed E-state index contributed by atoms with van der Waals surface area (Å²) in [7, 11) is 0. The smallest absolute Gasteiger partial charge is 0.271 e. The van der Waals surface area contributed by atoms with E-state index < -0.39 is 4.92 Å². The number of pyridine rings is 1. The highest BCUT2D eigenvalue weighted by Crippen LogP contribution is 2.44. The van der Waals surface area contributed by atoms with Gasteiger partial charge in [0.2, 0.25) is 0 Å². The summed E-state index contributed by atoms with van der Waals surface area (Å²) >= 11 is 6.40. The van der Waals surface area contributed by atoms with Crippen LogP contribution >= 0.6 is 11.6 Å². The lowest BCUT2D eigenvalue weighted by atomic mass is 10.0. The average molecular weight is 332 g/mol. The van der Waals surface area contributed by atoms with Crippen molar-refractivity contribution in [2.24, 2.45) is 5.92 Å². The summed E-state index contributed by atoms with van der Waals surface area (Å²) in [5, 5.41) is 11.4. The third kappa shape index (κ3) is 3.01. The molecule has 6 heteroatoms. The van der Waals surface area contributed by atoms with Crippen LogP contribution in [-0.2, 0) is 0 Å². The van der Waals surface area contributed by atoms with Crippen LogP contribution in [0.5, 0.6) is 0 Å². The molecular formula is C17H18ClN3O2. The summed E-state index contributed by atoms with van der Waals surface area (Å²) in [6.45, 7) is 4.95. The number of halogens is 1. The van der Waals surface area contributed by atoms with Crippen molar-refractivity contribution in [3.8, 4) is 0 Å². The Morgan fingerprint density at radius 2 is 2.22 bits per heavy atom. The molecule has 5 nitrogen and oxygen atoms in total. The minimum absolute atomic E-state index is 0.0291. The highest BCUT2D eigenvalue weighted by Gasteiger charge is 2.33. The maximum absolute atomic E-state index is 11.0. The number of aryl methyl sites for hydroxylation is 1. The summed E-state index contributed by atoms with van der Waals surface area (Å²) in [6.07, 6.45) is 4.65. The molecule has 2 unspecified atom stereocenters. The molecule has 0 N–H and O–H groups in total. The minimum Gasteiger partial charge on any atom is -0.363 e. The van der Waals surface area contributed by atoms with E-state index in [1.54, 1.807) is 12.3 Å². The Bertz CT molecular complexity index is 713. The van der Waals surface area contributed by atoms with E-state index in [0.717, 1.165) is 29.8 Å². The van der Waals surface area contributed by atoms with Crippen LogP contribution in [-0.4, -0.2) is 16.5 Å². The Morgan fingerprint density at radius 3 is 2.83 bits per heavy atom. The van der Waals surface area contributed by atoms with Crippen molar-refractivity contribution in [3.05, 3.63) is 62.9 Å². The summed E-state index contributed by atoms with van der Waals surface area (Å²) in [4.78, 5) is 17.1. The molecule has 2 aromatic rings. The predicted octanol–water partition coefficient (Wildman–Crippen LogP) is 4.54. The molecule has 0 saturated carbocycles. The number of benzene rings is 1. The quantitative estimate of drug-likeness (QED) is 0.612. The van der Waals surface area contributed by atoms with Crippen molar-refractivity contribution >= 4 is 23.0 Å². The van der Waals surface area contributed by atoms with E-state index in [1.165, 1.54) is 6.07 Å². The molecule has 1 aromatic carbocycles. The van der Waals surface area contributed by atoms with Gasteiger partial charge in [0, 0.05) is 31.1 Å². The number of aromatic nitrogens is 1. The van der Waals surface area contributed by atoms with Gasteiger partial charge in [-0.1, -0.05) is 24.6 Å². The van der Waals surface area contributed by atoms with Crippen molar-refractivity contribution in [2.75, 3.05) is 11.4 Å².